The normalized spacial score (nSPS) is 11.6. The quantitative estimate of drug-likeness (QED) is 0.0532. The first-order chi connectivity index (χ1) is 24.7. The second-order valence-corrected chi connectivity index (χ2v) is 16.4. The molecular formula is C46H62O2S2. The Morgan fingerprint density at radius 2 is 0.720 bits per heavy atom. The molecular weight excluding hydrogens is 649 g/mol. The van der Waals surface area contributed by atoms with Crippen LogP contribution in [0.25, 0.3) is 41.1 Å². The van der Waals surface area contributed by atoms with E-state index in [1.165, 1.54) is 157 Å². The third kappa shape index (κ3) is 12.7. The van der Waals surface area contributed by atoms with Gasteiger partial charge in [0, 0.05) is 19.2 Å². The van der Waals surface area contributed by atoms with E-state index in [-0.39, 0.29) is 0 Å². The lowest BCUT2D eigenvalue weighted by atomic mass is 10.1. The molecule has 2 heterocycles. The number of rotatable bonds is 26. The van der Waals surface area contributed by atoms with Crippen LogP contribution in [0.2, 0.25) is 0 Å². The lowest BCUT2D eigenvalue weighted by molar-refractivity contribution is 0.304. The second kappa shape index (κ2) is 22.2. The predicted molar refractivity (Wildman–Crippen MR) is 223 cm³/mol. The van der Waals surface area contributed by atoms with Gasteiger partial charge in [0.15, 0.2) is 0 Å². The van der Waals surface area contributed by atoms with E-state index in [9.17, 15) is 0 Å². The largest absolute Gasteiger partial charge is 0.494 e. The van der Waals surface area contributed by atoms with E-state index >= 15 is 0 Å². The number of fused-ring (bicyclic) bond motifs is 2. The lowest BCUT2D eigenvalue weighted by Gasteiger charge is -2.07. The summed E-state index contributed by atoms with van der Waals surface area (Å²) < 4.78 is 14.8. The zero-order valence-electron chi connectivity index (χ0n) is 31.1. The van der Waals surface area contributed by atoms with E-state index in [4.69, 9.17) is 9.47 Å². The monoisotopic (exact) mass is 710 g/mol. The van der Waals surface area contributed by atoms with E-state index in [0.29, 0.717) is 0 Å². The fourth-order valence-corrected chi connectivity index (χ4v) is 9.10. The van der Waals surface area contributed by atoms with Crippen molar-refractivity contribution < 1.29 is 9.47 Å². The van der Waals surface area contributed by atoms with Crippen LogP contribution in [0.4, 0.5) is 0 Å². The molecule has 2 nitrogen and oxygen atoms in total. The fraction of sp³-hybridized carbons (Fsp3) is 0.522. The minimum atomic E-state index is 0.814. The van der Waals surface area contributed by atoms with Crippen molar-refractivity contribution >= 4 is 42.8 Å². The summed E-state index contributed by atoms with van der Waals surface area (Å²) in [6, 6.07) is 26.8. The van der Waals surface area contributed by atoms with Gasteiger partial charge in [-0.05, 0) is 108 Å². The van der Waals surface area contributed by atoms with Crippen LogP contribution in [-0.4, -0.2) is 13.2 Å². The summed E-state index contributed by atoms with van der Waals surface area (Å²) in [6.45, 7) is 6.20. The molecule has 0 bridgehead atoms. The van der Waals surface area contributed by atoms with Crippen molar-refractivity contribution in [1.29, 1.82) is 0 Å². The van der Waals surface area contributed by atoms with E-state index < -0.39 is 0 Å². The molecule has 4 heteroatoms. The minimum absolute atomic E-state index is 0.814. The number of unbranched alkanes of at least 4 members (excludes halogenated alkanes) is 18. The SMILES string of the molecule is CCCCCCCCCCCCOc1ccc(-c2cc3cc4cc(-c5ccc(OCCCCCCCCCCCC)cc5)sc4cc3s2)cc1. The zero-order chi connectivity index (χ0) is 34.6. The number of benzene rings is 3. The average Bonchev–Trinajstić information content (AvgIpc) is 3.76. The van der Waals surface area contributed by atoms with Gasteiger partial charge in [-0.15, -0.1) is 22.7 Å². The van der Waals surface area contributed by atoms with Crippen molar-refractivity contribution in [3.8, 4) is 32.4 Å². The Hall–Kier alpha value is -2.82. The Bertz CT molecular complexity index is 1460. The number of hydrogen-bond donors (Lipinski definition) is 0. The smallest absolute Gasteiger partial charge is 0.119 e. The van der Waals surface area contributed by atoms with Gasteiger partial charge in [0.2, 0.25) is 0 Å². The summed E-state index contributed by atoms with van der Waals surface area (Å²) in [5, 5.41) is 2.64. The Morgan fingerprint density at radius 1 is 0.380 bits per heavy atom. The first-order valence-corrected chi connectivity index (χ1v) is 21.8. The van der Waals surface area contributed by atoms with Gasteiger partial charge in [-0.3, -0.25) is 0 Å². The topological polar surface area (TPSA) is 18.5 Å². The third-order valence-corrected chi connectivity index (χ3v) is 12.3. The Balaban J connectivity index is 1.02. The summed E-state index contributed by atoms with van der Waals surface area (Å²) in [4.78, 5) is 2.63. The van der Waals surface area contributed by atoms with Crippen molar-refractivity contribution in [2.75, 3.05) is 13.2 Å². The summed E-state index contributed by atoms with van der Waals surface area (Å²) >= 11 is 3.76. The highest BCUT2D eigenvalue weighted by Gasteiger charge is 2.10. The molecule has 270 valence electrons. The molecule has 0 amide bonds. The van der Waals surface area contributed by atoms with Gasteiger partial charge in [-0.2, -0.15) is 0 Å². The number of hydrogen-bond acceptors (Lipinski definition) is 4. The molecule has 0 spiro atoms. The molecule has 0 saturated heterocycles. The van der Waals surface area contributed by atoms with Gasteiger partial charge >= 0.3 is 0 Å². The van der Waals surface area contributed by atoms with Gasteiger partial charge in [0.1, 0.15) is 11.5 Å². The molecule has 0 aliphatic heterocycles. The molecule has 0 aliphatic carbocycles. The molecule has 2 aromatic heterocycles. The van der Waals surface area contributed by atoms with E-state index in [1.54, 1.807) is 0 Å². The molecule has 0 saturated carbocycles. The van der Waals surface area contributed by atoms with Gasteiger partial charge in [-0.25, -0.2) is 0 Å². The molecule has 0 atom stereocenters. The van der Waals surface area contributed by atoms with Crippen molar-refractivity contribution in [3.63, 3.8) is 0 Å². The molecule has 0 radical (unpaired) electrons. The van der Waals surface area contributed by atoms with Crippen molar-refractivity contribution in [3.05, 3.63) is 72.8 Å². The molecule has 3 aromatic carbocycles. The first kappa shape index (κ1) is 38.4. The first-order valence-electron chi connectivity index (χ1n) is 20.2. The van der Waals surface area contributed by atoms with Crippen LogP contribution in [-0.2, 0) is 0 Å². The van der Waals surface area contributed by atoms with Crippen LogP contribution in [0, 0.1) is 0 Å². The maximum absolute atomic E-state index is 6.07. The van der Waals surface area contributed by atoms with Crippen molar-refractivity contribution in [2.45, 2.75) is 142 Å². The van der Waals surface area contributed by atoms with Crippen molar-refractivity contribution in [1.82, 2.24) is 0 Å². The molecule has 5 aromatic rings. The lowest BCUT2D eigenvalue weighted by Crippen LogP contribution is -1.97. The minimum Gasteiger partial charge on any atom is -0.494 e. The van der Waals surface area contributed by atoms with Gasteiger partial charge < -0.3 is 9.47 Å². The number of thiophene rings is 2. The standard InChI is InChI=1S/C46H62O2S2/c1-3-5-7-9-11-13-15-17-19-21-31-47-41-27-23-37(24-28-41)43-34-39-33-40-35-44(50-46(40)36-45(39)49-43)38-25-29-42(30-26-38)48-32-22-20-18-16-14-12-10-8-6-4-2/h23-30,33-36H,3-22,31-32H2,1-2H3. The molecule has 5 rings (SSSR count). The van der Waals surface area contributed by atoms with Crippen LogP contribution >= 0.6 is 22.7 Å². The summed E-state index contributed by atoms with van der Waals surface area (Å²) in [5.74, 6) is 1.96. The fourth-order valence-electron chi connectivity index (χ4n) is 6.85. The average molecular weight is 711 g/mol. The van der Waals surface area contributed by atoms with Crippen LogP contribution in [0.1, 0.15) is 142 Å². The summed E-state index contributed by atoms with van der Waals surface area (Å²) in [6.07, 6.45) is 27.0. The molecule has 0 unspecified atom stereocenters. The zero-order valence-corrected chi connectivity index (χ0v) is 32.8. The maximum atomic E-state index is 6.07. The predicted octanol–water partition coefficient (Wildman–Crippen LogP) is 16.0. The Morgan fingerprint density at radius 3 is 1.08 bits per heavy atom. The highest BCUT2D eigenvalue weighted by molar-refractivity contribution is 7.24. The maximum Gasteiger partial charge on any atom is 0.119 e. The van der Waals surface area contributed by atoms with Crippen molar-refractivity contribution in [2.24, 2.45) is 0 Å². The molecule has 0 aliphatic rings. The van der Waals surface area contributed by atoms with Gasteiger partial charge in [0.05, 0.1) is 13.2 Å². The highest BCUT2D eigenvalue weighted by Crippen LogP contribution is 2.41. The number of ether oxygens (including phenoxy) is 2. The third-order valence-electron chi connectivity index (χ3n) is 9.97. The van der Waals surface area contributed by atoms with E-state index in [2.05, 4.69) is 86.6 Å². The Labute approximate surface area is 311 Å². The summed E-state index contributed by atoms with van der Waals surface area (Å²) in [7, 11) is 0. The van der Waals surface area contributed by atoms with Gasteiger partial charge in [-0.1, -0.05) is 129 Å². The van der Waals surface area contributed by atoms with Crippen LogP contribution < -0.4 is 9.47 Å². The second-order valence-electron chi connectivity index (χ2n) is 14.3. The molecule has 50 heavy (non-hydrogen) atoms. The van der Waals surface area contributed by atoms with Gasteiger partial charge in [0.25, 0.3) is 0 Å². The van der Waals surface area contributed by atoms with E-state index in [1.807, 2.05) is 22.7 Å². The van der Waals surface area contributed by atoms with E-state index in [0.717, 1.165) is 37.6 Å². The molecule has 0 fully saturated rings. The highest BCUT2D eigenvalue weighted by atomic mass is 32.1. The summed E-state index contributed by atoms with van der Waals surface area (Å²) in [5.41, 5.74) is 2.52. The molecule has 0 N–H and O–H groups in total. The van der Waals surface area contributed by atoms with Crippen LogP contribution in [0.15, 0.2) is 72.8 Å². The Kier molecular flexibility index (Phi) is 17.0. The van der Waals surface area contributed by atoms with Crippen LogP contribution in [0.5, 0.6) is 11.5 Å². The van der Waals surface area contributed by atoms with Crippen LogP contribution in [0.3, 0.4) is 0 Å².